The molecule has 0 aliphatic carbocycles. The Morgan fingerprint density at radius 2 is 1.50 bits per heavy atom. The van der Waals surface area contributed by atoms with Crippen LogP contribution < -0.4 is 5.32 Å². The van der Waals surface area contributed by atoms with E-state index in [9.17, 15) is 9.59 Å². The molecule has 0 aromatic heterocycles. The van der Waals surface area contributed by atoms with Gasteiger partial charge in [0.2, 0.25) is 0 Å². The van der Waals surface area contributed by atoms with Crippen molar-refractivity contribution in [2.24, 2.45) is 0 Å². The van der Waals surface area contributed by atoms with E-state index in [-0.39, 0.29) is 12.2 Å². The fourth-order valence-corrected chi connectivity index (χ4v) is 3.23. The minimum Gasteiger partial charge on any atom is -0.460 e. The third kappa shape index (κ3) is 4.64. The number of dihydropyridines is 1. The molecule has 1 aromatic rings. The molecule has 0 spiro atoms. The van der Waals surface area contributed by atoms with Crippen molar-refractivity contribution in [3.8, 4) is 12.3 Å². The molecule has 0 saturated heterocycles. The molecular weight excluding hydrogens is 354 g/mol. The Labute approximate surface area is 166 Å². The van der Waals surface area contributed by atoms with Crippen LogP contribution in [0.5, 0.6) is 0 Å². The third-order valence-electron chi connectivity index (χ3n) is 4.27. The summed E-state index contributed by atoms with van der Waals surface area (Å²) in [4.78, 5) is 25.8. The molecule has 2 rings (SSSR count). The minimum absolute atomic E-state index is 0.288. The van der Waals surface area contributed by atoms with E-state index >= 15 is 0 Å². The van der Waals surface area contributed by atoms with Crippen LogP contribution in [0, 0.1) is 12.3 Å². The van der Waals surface area contributed by atoms with Gasteiger partial charge in [0.1, 0.15) is 0 Å². The highest BCUT2D eigenvalue weighted by Crippen LogP contribution is 2.39. The molecule has 1 aliphatic heterocycles. The number of benzene rings is 1. The topological polar surface area (TPSA) is 64.6 Å². The van der Waals surface area contributed by atoms with Crippen molar-refractivity contribution in [3.63, 3.8) is 0 Å². The van der Waals surface area contributed by atoms with Gasteiger partial charge in [0, 0.05) is 17.0 Å². The normalized spacial score (nSPS) is 14.8. The number of terminal acetylenes is 1. The van der Waals surface area contributed by atoms with Crippen molar-refractivity contribution >= 4 is 11.9 Å². The Hall–Kier alpha value is -3.00. The number of esters is 2. The van der Waals surface area contributed by atoms with Gasteiger partial charge in [0.25, 0.3) is 0 Å². The van der Waals surface area contributed by atoms with E-state index in [1.807, 2.05) is 18.2 Å². The summed E-state index contributed by atoms with van der Waals surface area (Å²) < 4.78 is 10.9. The molecule has 1 heterocycles. The van der Waals surface area contributed by atoms with Crippen molar-refractivity contribution in [1.82, 2.24) is 5.32 Å². The second-order valence-electron chi connectivity index (χ2n) is 7.31. The largest absolute Gasteiger partial charge is 0.460 e. The predicted molar refractivity (Wildman–Crippen MR) is 108 cm³/mol. The maximum Gasteiger partial charge on any atom is 0.337 e. The summed E-state index contributed by atoms with van der Waals surface area (Å²) in [5, 5.41) is 3.13. The van der Waals surface area contributed by atoms with Crippen molar-refractivity contribution in [2.45, 2.75) is 59.7 Å². The fourth-order valence-electron chi connectivity index (χ4n) is 3.23. The Kier molecular flexibility index (Phi) is 6.69. The van der Waals surface area contributed by atoms with Crippen LogP contribution in [-0.4, -0.2) is 24.1 Å². The van der Waals surface area contributed by atoms with Gasteiger partial charge < -0.3 is 14.8 Å². The van der Waals surface area contributed by atoms with Gasteiger partial charge in [-0.15, -0.1) is 6.42 Å². The van der Waals surface area contributed by atoms with E-state index in [4.69, 9.17) is 15.9 Å². The SMILES string of the molecule is C#Cc1cccc(C2C(C(=O)OC(C)C)=C(C)NC(C)=C2C(=O)OC(C)C)c1. The van der Waals surface area contributed by atoms with Crippen LogP contribution in [0.3, 0.4) is 0 Å². The molecule has 1 aromatic carbocycles. The quantitative estimate of drug-likeness (QED) is 0.621. The van der Waals surface area contributed by atoms with Crippen LogP contribution >= 0.6 is 0 Å². The first kappa shape index (κ1) is 21.3. The zero-order valence-corrected chi connectivity index (χ0v) is 17.3. The second kappa shape index (κ2) is 8.79. The summed E-state index contributed by atoms with van der Waals surface area (Å²) in [5.41, 5.74) is 3.44. The lowest BCUT2D eigenvalue weighted by Gasteiger charge is -2.31. The average Bonchev–Trinajstić information content (AvgIpc) is 2.59. The first-order chi connectivity index (χ1) is 13.1. The standard InChI is InChI=1S/C23H27NO4/c1-8-17-10-9-11-18(12-17)21-19(22(25)27-13(2)3)15(6)24-16(7)20(21)23(26)28-14(4)5/h1,9-14,21,24H,2-7H3. The molecule has 0 atom stereocenters. The maximum atomic E-state index is 12.9. The van der Waals surface area contributed by atoms with Crippen molar-refractivity contribution in [2.75, 3.05) is 0 Å². The summed E-state index contributed by atoms with van der Waals surface area (Å²) in [5.74, 6) is 1.02. The van der Waals surface area contributed by atoms with Crippen LogP contribution in [0.4, 0.5) is 0 Å². The Balaban J connectivity index is 2.66. The molecule has 0 bridgehead atoms. The smallest absolute Gasteiger partial charge is 0.337 e. The molecule has 5 heteroatoms. The summed E-state index contributed by atoms with van der Waals surface area (Å²) >= 11 is 0. The van der Waals surface area contributed by atoms with E-state index in [1.54, 1.807) is 47.6 Å². The van der Waals surface area contributed by atoms with E-state index in [2.05, 4.69) is 11.2 Å². The van der Waals surface area contributed by atoms with Crippen LogP contribution in [0.15, 0.2) is 46.8 Å². The lowest BCUT2D eigenvalue weighted by atomic mass is 9.80. The molecule has 0 saturated carbocycles. The number of hydrogen-bond donors (Lipinski definition) is 1. The lowest BCUT2D eigenvalue weighted by molar-refractivity contribution is -0.143. The van der Waals surface area contributed by atoms with E-state index < -0.39 is 17.9 Å². The molecule has 0 fully saturated rings. The Morgan fingerprint density at radius 1 is 1.00 bits per heavy atom. The van der Waals surface area contributed by atoms with Crippen molar-refractivity contribution < 1.29 is 19.1 Å². The van der Waals surface area contributed by atoms with Gasteiger partial charge in [-0.2, -0.15) is 0 Å². The van der Waals surface area contributed by atoms with E-state index in [0.717, 1.165) is 5.56 Å². The number of allylic oxidation sites excluding steroid dienone is 2. The van der Waals surface area contributed by atoms with Crippen LogP contribution in [0.25, 0.3) is 0 Å². The molecule has 148 valence electrons. The predicted octanol–water partition coefficient (Wildman–Crippen LogP) is 3.81. The zero-order chi connectivity index (χ0) is 21.0. The zero-order valence-electron chi connectivity index (χ0n) is 17.3. The monoisotopic (exact) mass is 381 g/mol. The summed E-state index contributed by atoms with van der Waals surface area (Å²) in [6, 6.07) is 7.27. The second-order valence-corrected chi connectivity index (χ2v) is 7.31. The Morgan fingerprint density at radius 3 is 1.93 bits per heavy atom. The van der Waals surface area contributed by atoms with Gasteiger partial charge >= 0.3 is 11.9 Å². The van der Waals surface area contributed by atoms with Gasteiger partial charge in [0.15, 0.2) is 0 Å². The maximum absolute atomic E-state index is 12.9. The van der Waals surface area contributed by atoms with Gasteiger partial charge in [-0.1, -0.05) is 18.1 Å². The summed E-state index contributed by atoms with van der Waals surface area (Å²) in [6.45, 7) is 10.7. The number of carbonyl (C=O) groups is 2. The number of ether oxygens (including phenoxy) is 2. The molecule has 0 radical (unpaired) electrons. The number of carbonyl (C=O) groups excluding carboxylic acids is 2. The van der Waals surface area contributed by atoms with Crippen LogP contribution in [-0.2, 0) is 19.1 Å². The molecular formula is C23H27NO4. The van der Waals surface area contributed by atoms with Crippen molar-refractivity contribution in [1.29, 1.82) is 0 Å². The minimum atomic E-state index is -0.632. The molecule has 1 aliphatic rings. The van der Waals surface area contributed by atoms with Gasteiger partial charge in [-0.05, 0) is 59.2 Å². The van der Waals surface area contributed by atoms with E-state index in [1.165, 1.54) is 0 Å². The average molecular weight is 381 g/mol. The highest BCUT2D eigenvalue weighted by molar-refractivity contribution is 6.00. The number of nitrogens with one attached hydrogen (secondary N) is 1. The van der Waals surface area contributed by atoms with Crippen LogP contribution in [0.2, 0.25) is 0 Å². The fraction of sp³-hybridized carbons (Fsp3) is 0.391. The van der Waals surface area contributed by atoms with Crippen LogP contribution in [0.1, 0.15) is 58.6 Å². The molecule has 0 unspecified atom stereocenters. The van der Waals surface area contributed by atoms with Gasteiger partial charge in [-0.25, -0.2) is 9.59 Å². The molecule has 28 heavy (non-hydrogen) atoms. The molecule has 5 nitrogen and oxygen atoms in total. The molecule has 0 amide bonds. The first-order valence-corrected chi connectivity index (χ1v) is 9.32. The summed E-state index contributed by atoms with van der Waals surface area (Å²) in [6.07, 6.45) is 4.98. The number of rotatable bonds is 5. The van der Waals surface area contributed by atoms with Gasteiger partial charge in [0.05, 0.1) is 29.3 Å². The third-order valence-corrected chi connectivity index (χ3v) is 4.27. The van der Waals surface area contributed by atoms with Crippen molar-refractivity contribution in [3.05, 3.63) is 57.9 Å². The van der Waals surface area contributed by atoms with Gasteiger partial charge in [-0.3, -0.25) is 0 Å². The highest BCUT2D eigenvalue weighted by Gasteiger charge is 2.38. The number of hydrogen-bond acceptors (Lipinski definition) is 5. The first-order valence-electron chi connectivity index (χ1n) is 9.32. The highest BCUT2D eigenvalue weighted by atomic mass is 16.5. The molecule has 1 N–H and O–H groups in total. The lowest BCUT2D eigenvalue weighted by Crippen LogP contribution is -2.33. The summed E-state index contributed by atoms with van der Waals surface area (Å²) in [7, 11) is 0. The Bertz CT molecular complexity index is 840. The van der Waals surface area contributed by atoms with E-state index in [0.29, 0.717) is 28.1 Å².